The van der Waals surface area contributed by atoms with Crippen LogP contribution in [0, 0.1) is 0 Å². The van der Waals surface area contributed by atoms with Gasteiger partial charge in [-0.3, -0.25) is 14.5 Å². The first-order valence-corrected chi connectivity index (χ1v) is 7.49. The Bertz CT molecular complexity index is 500. The minimum atomic E-state index is -0.188. The highest BCUT2D eigenvalue weighted by atomic mass is 16.2. The monoisotopic (exact) mass is 292 g/mol. The molecule has 0 bridgehead atoms. The van der Waals surface area contributed by atoms with E-state index >= 15 is 0 Å². The summed E-state index contributed by atoms with van der Waals surface area (Å²) in [5, 5.41) is 0. The molecule has 0 aliphatic carbocycles. The number of amides is 1. The summed E-state index contributed by atoms with van der Waals surface area (Å²) in [7, 11) is 2.13. The Kier molecular flexibility index (Phi) is 5.52. The molecule has 0 aromatic carbocycles. The lowest BCUT2D eigenvalue weighted by Crippen LogP contribution is -2.47. The van der Waals surface area contributed by atoms with Crippen molar-refractivity contribution in [3.8, 4) is 0 Å². The number of H-pyrrole nitrogens is 1. The first-order valence-electron chi connectivity index (χ1n) is 7.49. The van der Waals surface area contributed by atoms with Crippen LogP contribution in [0.1, 0.15) is 17.3 Å². The van der Waals surface area contributed by atoms with Crippen LogP contribution < -0.4 is 5.56 Å². The maximum Gasteiger partial charge on any atom is 0.255 e. The van der Waals surface area contributed by atoms with E-state index in [1.54, 1.807) is 6.07 Å². The number of aromatic amines is 1. The lowest BCUT2D eigenvalue weighted by atomic mass is 10.2. The minimum absolute atomic E-state index is 0.0251. The molecule has 6 heteroatoms. The molecule has 1 saturated heterocycles. The molecule has 2 rings (SSSR count). The van der Waals surface area contributed by atoms with Crippen molar-refractivity contribution in [1.82, 2.24) is 19.7 Å². The van der Waals surface area contributed by atoms with Crippen molar-refractivity contribution in [3.63, 3.8) is 0 Å². The predicted molar refractivity (Wildman–Crippen MR) is 82.6 cm³/mol. The average Bonchev–Trinajstić information content (AvgIpc) is 2.50. The van der Waals surface area contributed by atoms with Crippen molar-refractivity contribution in [2.75, 3.05) is 52.9 Å². The van der Waals surface area contributed by atoms with E-state index in [-0.39, 0.29) is 11.5 Å². The van der Waals surface area contributed by atoms with Crippen molar-refractivity contribution >= 4 is 5.91 Å². The van der Waals surface area contributed by atoms with E-state index in [0.717, 1.165) is 39.3 Å². The number of nitrogens with one attached hydrogen (secondary N) is 1. The predicted octanol–water partition coefficient (Wildman–Crippen LogP) is 0.0844. The number of piperazine rings is 1. The van der Waals surface area contributed by atoms with Crippen LogP contribution in [0.3, 0.4) is 0 Å². The zero-order chi connectivity index (χ0) is 15.2. The van der Waals surface area contributed by atoms with Crippen molar-refractivity contribution in [2.24, 2.45) is 0 Å². The van der Waals surface area contributed by atoms with Gasteiger partial charge in [-0.1, -0.05) is 0 Å². The Balaban J connectivity index is 1.88. The molecular weight excluding hydrogens is 268 g/mol. The van der Waals surface area contributed by atoms with Crippen LogP contribution in [0.5, 0.6) is 0 Å². The number of rotatable bonds is 5. The van der Waals surface area contributed by atoms with Crippen molar-refractivity contribution in [1.29, 1.82) is 0 Å². The largest absolute Gasteiger partial charge is 0.338 e. The molecule has 1 aliphatic heterocycles. The van der Waals surface area contributed by atoms with E-state index in [2.05, 4.69) is 21.8 Å². The standard InChI is InChI=1S/C15H24N4O2/c1-3-19(11-10-18-8-6-17(2)7-9-18)15(21)13-4-5-14(20)16-12-13/h4-5,12H,3,6-11H2,1-2H3,(H,16,20). The van der Waals surface area contributed by atoms with Gasteiger partial charge in [-0.2, -0.15) is 0 Å². The third kappa shape index (κ3) is 4.41. The fourth-order valence-corrected chi connectivity index (χ4v) is 2.46. The molecule has 2 heterocycles. The quantitative estimate of drug-likeness (QED) is 0.835. The number of carbonyl (C=O) groups excluding carboxylic acids is 1. The number of hydrogen-bond donors (Lipinski definition) is 1. The lowest BCUT2D eigenvalue weighted by molar-refractivity contribution is 0.0724. The Morgan fingerprint density at radius 2 is 2.00 bits per heavy atom. The van der Waals surface area contributed by atoms with E-state index in [0.29, 0.717) is 12.1 Å². The average molecular weight is 292 g/mol. The maximum absolute atomic E-state index is 12.4. The Morgan fingerprint density at radius 3 is 2.57 bits per heavy atom. The molecule has 21 heavy (non-hydrogen) atoms. The molecule has 0 atom stereocenters. The second-order valence-electron chi connectivity index (χ2n) is 5.47. The van der Waals surface area contributed by atoms with Gasteiger partial charge < -0.3 is 14.8 Å². The van der Waals surface area contributed by atoms with E-state index in [1.165, 1.54) is 12.3 Å². The Hall–Kier alpha value is -1.66. The van der Waals surface area contributed by atoms with E-state index < -0.39 is 0 Å². The van der Waals surface area contributed by atoms with Gasteiger partial charge >= 0.3 is 0 Å². The third-order valence-corrected chi connectivity index (χ3v) is 3.98. The molecule has 0 unspecified atom stereocenters. The lowest BCUT2D eigenvalue weighted by Gasteiger charge is -2.33. The highest BCUT2D eigenvalue weighted by molar-refractivity contribution is 5.93. The fraction of sp³-hybridized carbons (Fsp3) is 0.600. The van der Waals surface area contributed by atoms with Gasteiger partial charge in [0.05, 0.1) is 5.56 Å². The number of nitrogens with zero attached hydrogens (tertiary/aromatic N) is 3. The summed E-state index contributed by atoms with van der Waals surface area (Å²) in [5.74, 6) is -0.0251. The first kappa shape index (κ1) is 15.7. The van der Waals surface area contributed by atoms with Gasteiger partial charge in [0, 0.05) is 58.1 Å². The second-order valence-corrected chi connectivity index (χ2v) is 5.47. The van der Waals surface area contributed by atoms with Crippen molar-refractivity contribution < 1.29 is 4.79 Å². The molecule has 1 aliphatic rings. The SMILES string of the molecule is CCN(CCN1CCN(C)CC1)C(=O)c1ccc(=O)[nH]c1. The van der Waals surface area contributed by atoms with Gasteiger partial charge in [0.25, 0.3) is 5.91 Å². The second kappa shape index (κ2) is 7.38. The minimum Gasteiger partial charge on any atom is -0.338 e. The summed E-state index contributed by atoms with van der Waals surface area (Å²) >= 11 is 0. The number of hydrogen-bond acceptors (Lipinski definition) is 4. The van der Waals surface area contributed by atoms with Gasteiger partial charge in [0.2, 0.25) is 5.56 Å². The zero-order valence-electron chi connectivity index (χ0n) is 12.8. The normalized spacial score (nSPS) is 16.9. The molecule has 0 radical (unpaired) electrons. The van der Waals surface area contributed by atoms with Crippen LogP contribution >= 0.6 is 0 Å². The smallest absolute Gasteiger partial charge is 0.255 e. The van der Waals surface area contributed by atoms with Gasteiger partial charge in [-0.05, 0) is 20.0 Å². The number of pyridine rings is 1. The summed E-state index contributed by atoms with van der Waals surface area (Å²) in [5.41, 5.74) is 0.349. The van der Waals surface area contributed by atoms with Crippen molar-refractivity contribution in [3.05, 3.63) is 34.2 Å². The summed E-state index contributed by atoms with van der Waals surface area (Å²) < 4.78 is 0. The summed E-state index contributed by atoms with van der Waals surface area (Å²) in [6, 6.07) is 2.97. The van der Waals surface area contributed by atoms with Gasteiger partial charge in [0.15, 0.2) is 0 Å². The van der Waals surface area contributed by atoms with Crippen molar-refractivity contribution in [2.45, 2.75) is 6.92 Å². The van der Waals surface area contributed by atoms with E-state index in [1.807, 2.05) is 11.8 Å². The highest BCUT2D eigenvalue weighted by Crippen LogP contribution is 2.04. The third-order valence-electron chi connectivity index (χ3n) is 3.98. The molecular formula is C15H24N4O2. The van der Waals surface area contributed by atoms with Crippen LogP contribution in [-0.4, -0.2) is 78.5 Å². The summed E-state index contributed by atoms with van der Waals surface area (Å²) in [4.78, 5) is 32.5. The number of aromatic nitrogens is 1. The van der Waals surface area contributed by atoms with Crippen LogP contribution in [0.15, 0.2) is 23.1 Å². The molecule has 1 amide bonds. The molecule has 1 fully saturated rings. The zero-order valence-corrected chi connectivity index (χ0v) is 12.8. The molecule has 0 saturated carbocycles. The molecule has 116 valence electrons. The Morgan fingerprint density at radius 1 is 1.29 bits per heavy atom. The van der Waals surface area contributed by atoms with Crippen LogP contribution in [0.2, 0.25) is 0 Å². The maximum atomic E-state index is 12.4. The van der Waals surface area contributed by atoms with Crippen LogP contribution in [0.25, 0.3) is 0 Å². The molecule has 1 N–H and O–H groups in total. The molecule has 0 spiro atoms. The topological polar surface area (TPSA) is 59.6 Å². The number of carbonyl (C=O) groups is 1. The highest BCUT2D eigenvalue weighted by Gasteiger charge is 2.17. The van der Waals surface area contributed by atoms with Crippen LogP contribution in [0.4, 0.5) is 0 Å². The summed E-state index contributed by atoms with van der Waals surface area (Å²) in [6.45, 7) is 8.55. The van der Waals surface area contributed by atoms with Gasteiger partial charge in [-0.15, -0.1) is 0 Å². The van der Waals surface area contributed by atoms with E-state index in [9.17, 15) is 9.59 Å². The van der Waals surface area contributed by atoms with Gasteiger partial charge in [-0.25, -0.2) is 0 Å². The Labute approximate surface area is 125 Å². The first-order chi connectivity index (χ1) is 10.1. The van der Waals surface area contributed by atoms with E-state index in [4.69, 9.17) is 0 Å². The van der Waals surface area contributed by atoms with Crippen LogP contribution in [-0.2, 0) is 0 Å². The van der Waals surface area contributed by atoms with Gasteiger partial charge in [0.1, 0.15) is 0 Å². The molecule has 6 nitrogen and oxygen atoms in total. The summed E-state index contributed by atoms with van der Waals surface area (Å²) in [6.07, 6.45) is 1.49. The molecule has 1 aromatic rings. The fourth-order valence-electron chi connectivity index (χ4n) is 2.46. The molecule has 1 aromatic heterocycles. The number of likely N-dealkylation sites (N-methyl/N-ethyl adjacent to an activating group) is 2.